The van der Waals surface area contributed by atoms with Gasteiger partial charge >= 0.3 is 0 Å². The summed E-state index contributed by atoms with van der Waals surface area (Å²) in [5.74, 6) is 0. The van der Waals surface area contributed by atoms with Crippen molar-refractivity contribution < 1.29 is 50.7 Å². The van der Waals surface area contributed by atoms with E-state index in [1.54, 1.807) is 0 Å². The summed E-state index contributed by atoms with van der Waals surface area (Å²) in [5, 5.41) is 0. The van der Waals surface area contributed by atoms with Gasteiger partial charge in [-0.15, -0.1) is 0 Å². The quantitative estimate of drug-likeness (QED) is 0.0421. The van der Waals surface area contributed by atoms with Crippen LogP contribution in [0.1, 0.15) is 343 Å². The molecule has 0 aliphatic heterocycles. The van der Waals surface area contributed by atoms with Gasteiger partial charge in [0, 0.05) is 0 Å². The largest absolute Gasteiger partial charge is 1.00 e. The highest BCUT2D eigenvalue weighted by Crippen LogP contribution is 2.17. The molecular formula is C65H142Cl3N3. The van der Waals surface area contributed by atoms with Crippen LogP contribution in [0.4, 0.5) is 0 Å². The highest BCUT2D eigenvalue weighted by atomic mass is 35.5. The molecule has 0 aromatic heterocycles. The molecule has 0 N–H and O–H groups in total. The van der Waals surface area contributed by atoms with Gasteiger partial charge in [0.25, 0.3) is 0 Å². The SMILES string of the molecule is CCCCCCCCCCCCCC[N+](C)(C)C.CCCCCCCCCCCC[N+](C)(C)CCCCCCCCCCCC.CCCCCCCCCC[N+](C)(C)CCCCCCCCCC.[Cl-].[Cl-].[Cl-]. The first kappa shape index (κ1) is 83.1. The molecule has 0 saturated carbocycles. The molecule has 438 valence electrons. The minimum Gasteiger partial charge on any atom is -1.00 e. The molecule has 0 heterocycles. The number of rotatable bonds is 53. The number of hydrogen-bond donors (Lipinski definition) is 0. The molecule has 0 saturated heterocycles. The fraction of sp³-hybridized carbons (Fsp3) is 1.00. The lowest BCUT2D eigenvalue weighted by atomic mass is 10.1. The average molecular weight is 1070 g/mol. The van der Waals surface area contributed by atoms with E-state index >= 15 is 0 Å². The Kier molecular flexibility index (Phi) is 78.2. The third-order valence-corrected chi connectivity index (χ3v) is 15.2. The Morgan fingerprint density at radius 2 is 0.268 bits per heavy atom. The van der Waals surface area contributed by atoms with Gasteiger partial charge in [0.2, 0.25) is 0 Å². The molecule has 6 heteroatoms. The first-order valence-electron chi connectivity index (χ1n) is 32.2. The molecule has 0 fully saturated rings. The van der Waals surface area contributed by atoms with Crippen molar-refractivity contribution in [1.29, 1.82) is 0 Å². The van der Waals surface area contributed by atoms with Gasteiger partial charge in [0.1, 0.15) is 0 Å². The third-order valence-electron chi connectivity index (χ3n) is 15.2. The Balaban J connectivity index is -0.000000223. The second-order valence-corrected chi connectivity index (χ2v) is 25.0. The van der Waals surface area contributed by atoms with Crippen LogP contribution in [-0.4, -0.2) is 95.5 Å². The van der Waals surface area contributed by atoms with E-state index in [2.05, 4.69) is 84.0 Å². The molecule has 0 unspecified atom stereocenters. The molecule has 0 rings (SSSR count). The number of hydrogen-bond acceptors (Lipinski definition) is 0. The van der Waals surface area contributed by atoms with E-state index in [-0.39, 0.29) is 37.2 Å². The number of halogens is 3. The lowest BCUT2D eigenvalue weighted by molar-refractivity contribution is -0.890. The summed E-state index contributed by atoms with van der Waals surface area (Å²) >= 11 is 0. The van der Waals surface area contributed by atoms with E-state index in [1.165, 1.54) is 350 Å². The van der Waals surface area contributed by atoms with Crippen LogP contribution >= 0.6 is 0 Å². The number of quaternary nitrogens is 3. The number of unbranched alkanes of at least 4 members (excludes halogenated alkanes) is 43. The Labute approximate surface area is 472 Å². The van der Waals surface area contributed by atoms with Crippen LogP contribution in [-0.2, 0) is 0 Å². The van der Waals surface area contributed by atoms with Crippen LogP contribution in [0.3, 0.4) is 0 Å². The van der Waals surface area contributed by atoms with Gasteiger partial charge in [-0.2, -0.15) is 0 Å². The average Bonchev–Trinajstić information content (AvgIpc) is 3.30. The van der Waals surface area contributed by atoms with Crippen molar-refractivity contribution in [3.8, 4) is 0 Å². The maximum atomic E-state index is 2.45. The maximum Gasteiger partial charge on any atom is 0.0782 e. The fourth-order valence-corrected chi connectivity index (χ4v) is 10.1. The minimum absolute atomic E-state index is 0. The maximum absolute atomic E-state index is 2.45. The van der Waals surface area contributed by atoms with Crippen molar-refractivity contribution >= 4 is 0 Å². The standard InChI is InChI=1S/C26H56N.C22H48N.C17H38N.3ClH/c1-5-7-9-11-13-15-17-19-21-23-25-27(3,4)26-24-22-20-18-16-14-12-10-8-6-2;1-5-7-9-11-13-15-17-19-21-23(3,4)22-20-18-16-14-12-10-8-6-2;1-5-6-7-8-9-10-11-12-13-14-15-16-17-18(2,3)4;;;/h5-26H2,1-4H3;5-22H2,1-4H3;5-17H2,1-4H3;3*1H/q3*+1;;;/p-3. The molecule has 0 aromatic rings. The zero-order chi connectivity index (χ0) is 51.0. The van der Waals surface area contributed by atoms with Gasteiger partial charge in [-0.1, -0.05) is 279 Å². The monoisotopic (exact) mass is 1070 g/mol. The fourth-order valence-electron chi connectivity index (χ4n) is 10.1. The van der Waals surface area contributed by atoms with Gasteiger partial charge < -0.3 is 50.7 Å². The molecule has 71 heavy (non-hydrogen) atoms. The Bertz CT molecular complexity index is 843. The van der Waals surface area contributed by atoms with Gasteiger partial charge in [0.15, 0.2) is 0 Å². The normalized spacial score (nSPS) is 11.5. The van der Waals surface area contributed by atoms with Gasteiger partial charge in [0.05, 0.1) is 82.1 Å². The first-order chi connectivity index (χ1) is 32.8. The van der Waals surface area contributed by atoms with Crippen molar-refractivity contribution in [3.05, 3.63) is 0 Å². The van der Waals surface area contributed by atoms with Crippen LogP contribution in [0.25, 0.3) is 0 Å². The Morgan fingerprint density at radius 3 is 0.394 bits per heavy atom. The second-order valence-electron chi connectivity index (χ2n) is 25.0. The summed E-state index contributed by atoms with van der Waals surface area (Å²) < 4.78 is 3.61. The highest BCUT2D eigenvalue weighted by Gasteiger charge is 2.15. The van der Waals surface area contributed by atoms with E-state index in [0.717, 1.165) is 4.48 Å². The lowest BCUT2D eigenvalue weighted by Gasteiger charge is -2.30. The summed E-state index contributed by atoms with van der Waals surface area (Å²) in [5.41, 5.74) is 0. The molecule has 0 radical (unpaired) electrons. The summed E-state index contributed by atoms with van der Waals surface area (Å²) in [6.07, 6.45) is 69.4. The van der Waals surface area contributed by atoms with Crippen molar-refractivity contribution in [2.24, 2.45) is 0 Å². The predicted octanol–water partition coefficient (Wildman–Crippen LogP) is 12.7. The topological polar surface area (TPSA) is 0 Å². The molecule has 3 nitrogen and oxygen atoms in total. The van der Waals surface area contributed by atoms with Crippen LogP contribution in [0, 0.1) is 0 Å². The van der Waals surface area contributed by atoms with E-state index in [1.807, 2.05) is 0 Å². The predicted molar refractivity (Wildman–Crippen MR) is 317 cm³/mol. The van der Waals surface area contributed by atoms with Crippen LogP contribution in [0.2, 0.25) is 0 Å². The zero-order valence-corrected chi connectivity index (χ0v) is 54.2. The van der Waals surface area contributed by atoms with Crippen molar-refractivity contribution in [2.75, 3.05) is 82.1 Å². The molecular weight excluding hydrogens is 929 g/mol. The molecule has 0 aliphatic rings. The smallest absolute Gasteiger partial charge is 0.0782 e. The Morgan fingerprint density at radius 1 is 0.155 bits per heavy atom. The summed E-state index contributed by atoms with van der Waals surface area (Å²) in [6, 6.07) is 0. The van der Waals surface area contributed by atoms with E-state index in [0.29, 0.717) is 0 Å². The highest BCUT2D eigenvalue weighted by molar-refractivity contribution is 4.53. The molecule has 0 amide bonds. The van der Waals surface area contributed by atoms with Crippen molar-refractivity contribution in [2.45, 2.75) is 343 Å². The molecule has 0 atom stereocenters. The van der Waals surface area contributed by atoms with Gasteiger partial charge in [-0.05, 0) is 64.2 Å². The molecule has 0 aromatic carbocycles. The first-order valence-corrected chi connectivity index (χ1v) is 32.2. The summed E-state index contributed by atoms with van der Waals surface area (Å²) in [4.78, 5) is 0. The van der Waals surface area contributed by atoms with Gasteiger partial charge in [-0.25, -0.2) is 0 Å². The zero-order valence-electron chi connectivity index (χ0n) is 52.0. The van der Waals surface area contributed by atoms with E-state index in [4.69, 9.17) is 0 Å². The van der Waals surface area contributed by atoms with Gasteiger partial charge in [-0.3, -0.25) is 0 Å². The molecule has 0 aliphatic carbocycles. The van der Waals surface area contributed by atoms with E-state index in [9.17, 15) is 0 Å². The number of nitrogens with zero attached hydrogens (tertiary/aromatic N) is 3. The van der Waals surface area contributed by atoms with Crippen molar-refractivity contribution in [3.63, 3.8) is 0 Å². The van der Waals surface area contributed by atoms with Crippen LogP contribution in [0.5, 0.6) is 0 Å². The Hall–Kier alpha value is 0.750. The van der Waals surface area contributed by atoms with Crippen molar-refractivity contribution in [1.82, 2.24) is 0 Å². The second kappa shape index (κ2) is 66.9. The van der Waals surface area contributed by atoms with Crippen LogP contribution in [0.15, 0.2) is 0 Å². The third kappa shape index (κ3) is 82.3. The van der Waals surface area contributed by atoms with E-state index < -0.39 is 0 Å². The minimum atomic E-state index is 0. The van der Waals surface area contributed by atoms with Crippen LogP contribution < -0.4 is 37.2 Å². The molecule has 0 bridgehead atoms. The molecule has 0 spiro atoms. The summed E-state index contributed by atoms with van der Waals surface area (Å²) in [6.45, 7) is 18.3. The summed E-state index contributed by atoms with van der Waals surface area (Å²) in [7, 11) is 16.6. The lowest BCUT2D eigenvalue weighted by Crippen LogP contribution is -3.00.